The average Bonchev–Trinajstić information content (AvgIpc) is 2.64. The van der Waals surface area contributed by atoms with Crippen LogP contribution in [-0.4, -0.2) is 66.3 Å². The van der Waals surface area contributed by atoms with Crippen LogP contribution in [0.1, 0.15) is 24.2 Å². The summed E-state index contributed by atoms with van der Waals surface area (Å²) < 4.78 is 0. The van der Waals surface area contributed by atoms with Gasteiger partial charge in [-0.25, -0.2) is 0 Å². The summed E-state index contributed by atoms with van der Waals surface area (Å²) in [5.74, 6) is -0.603. The standard InChI is InChI=1S/C18H25ClN4O3.ClH/c1-12(2)16(20)17(25)21-11-15(24)22-6-8-23(9-7-22)18(26)13-4-3-5-14(19)10-13;/h3-5,10,12,16H,6-9,11,20H2,1-2H3,(H,21,25);1H/t16-;/m0./s1. The molecular weight excluding hydrogens is 391 g/mol. The second-order valence-electron chi connectivity index (χ2n) is 6.67. The summed E-state index contributed by atoms with van der Waals surface area (Å²) in [4.78, 5) is 39.9. The van der Waals surface area contributed by atoms with Gasteiger partial charge in [0.15, 0.2) is 0 Å². The van der Waals surface area contributed by atoms with E-state index in [-0.39, 0.29) is 42.6 Å². The molecule has 1 heterocycles. The molecule has 1 aromatic rings. The van der Waals surface area contributed by atoms with Crippen LogP contribution in [-0.2, 0) is 9.59 Å². The Hall–Kier alpha value is -1.83. The highest BCUT2D eigenvalue weighted by atomic mass is 35.5. The van der Waals surface area contributed by atoms with Crippen LogP contribution >= 0.6 is 24.0 Å². The van der Waals surface area contributed by atoms with Gasteiger partial charge in [0.05, 0.1) is 12.6 Å². The normalized spacial score (nSPS) is 15.1. The zero-order chi connectivity index (χ0) is 19.3. The minimum absolute atomic E-state index is 0. The molecule has 0 bridgehead atoms. The smallest absolute Gasteiger partial charge is 0.254 e. The number of hydrogen-bond acceptors (Lipinski definition) is 4. The molecule has 0 radical (unpaired) electrons. The largest absolute Gasteiger partial charge is 0.346 e. The fourth-order valence-electron chi connectivity index (χ4n) is 2.66. The summed E-state index contributed by atoms with van der Waals surface area (Å²) in [5, 5.41) is 3.09. The Bertz CT molecular complexity index is 676. The summed E-state index contributed by atoms with van der Waals surface area (Å²) in [5.41, 5.74) is 6.29. The molecule has 7 nitrogen and oxygen atoms in total. The molecule has 0 saturated carbocycles. The Labute approximate surface area is 170 Å². The Kier molecular flexibility index (Phi) is 9.02. The van der Waals surface area contributed by atoms with E-state index >= 15 is 0 Å². The monoisotopic (exact) mass is 416 g/mol. The van der Waals surface area contributed by atoms with Crippen molar-refractivity contribution in [3.63, 3.8) is 0 Å². The van der Waals surface area contributed by atoms with E-state index in [1.54, 1.807) is 34.1 Å². The molecule has 2 rings (SSSR count). The second kappa shape index (κ2) is 10.5. The van der Waals surface area contributed by atoms with E-state index in [0.29, 0.717) is 36.8 Å². The molecule has 1 aromatic carbocycles. The highest BCUT2D eigenvalue weighted by molar-refractivity contribution is 6.30. The van der Waals surface area contributed by atoms with Crippen LogP contribution in [0.25, 0.3) is 0 Å². The molecule has 1 aliphatic heterocycles. The third kappa shape index (κ3) is 6.37. The van der Waals surface area contributed by atoms with Gasteiger partial charge in [-0.05, 0) is 24.1 Å². The first kappa shape index (κ1) is 23.2. The van der Waals surface area contributed by atoms with Crippen molar-refractivity contribution in [3.8, 4) is 0 Å². The molecule has 0 aromatic heterocycles. The van der Waals surface area contributed by atoms with Crippen molar-refractivity contribution in [1.29, 1.82) is 0 Å². The van der Waals surface area contributed by atoms with Gasteiger partial charge in [0, 0.05) is 36.8 Å². The first-order valence-corrected chi connectivity index (χ1v) is 9.03. The van der Waals surface area contributed by atoms with Gasteiger partial charge in [-0.1, -0.05) is 31.5 Å². The molecule has 150 valence electrons. The Morgan fingerprint density at radius 2 is 1.74 bits per heavy atom. The lowest BCUT2D eigenvalue weighted by atomic mass is 10.1. The molecule has 27 heavy (non-hydrogen) atoms. The zero-order valence-electron chi connectivity index (χ0n) is 15.5. The van der Waals surface area contributed by atoms with E-state index in [1.165, 1.54) is 0 Å². The molecule has 0 unspecified atom stereocenters. The van der Waals surface area contributed by atoms with Gasteiger partial charge in [0.2, 0.25) is 11.8 Å². The maximum Gasteiger partial charge on any atom is 0.254 e. The van der Waals surface area contributed by atoms with Crippen molar-refractivity contribution in [1.82, 2.24) is 15.1 Å². The van der Waals surface area contributed by atoms with Gasteiger partial charge in [0.25, 0.3) is 5.91 Å². The number of benzene rings is 1. The number of carbonyl (C=O) groups is 3. The number of amides is 3. The van der Waals surface area contributed by atoms with Gasteiger partial charge in [0.1, 0.15) is 0 Å². The first-order valence-electron chi connectivity index (χ1n) is 8.65. The lowest BCUT2D eigenvalue weighted by Crippen LogP contribution is -2.53. The molecule has 1 aliphatic rings. The maximum atomic E-state index is 12.5. The minimum atomic E-state index is -0.630. The van der Waals surface area contributed by atoms with E-state index in [9.17, 15) is 14.4 Å². The van der Waals surface area contributed by atoms with Gasteiger partial charge in [-0.3, -0.25) is 14.4 Å². The first-order chi connectivity index (χ1) is 12.3. The van der Waals surface area contributed by atoms with Crippen LogP contribution in [0.2, 0.25) is 5.02 Å². The number of hydrogen-bond donors (Lipinski definition) is 2. The Morgan fingerprint density at radius 3 is 2.30 bits per heavy atom. The van der Waals surface area contributed by atoms with E-state index in [2.05, 4.69) is 5.32 Å². The molecular formula is C18H26Cl2N4O3. The topological polar surface area (TPSA) is 95.7 Å². The number of nitrogens with zero attached hydrogens (tertiary/aromatic N) is 2. The predicted octanol–water partition coefficient (Wildman–Crippen LogP) is 1.15. The Morgan fingerprint density at radius 1 is 1.15 bits per heavy atom. The minimum Gasteiger partial charge on any atom is -0.346 e. The van der Waals surface area contributed by atoms with E-state index < -0.39 is 6.04 Å². The summed E-state index contributed by atoms with van der Waals surface area (Å²) in [6, 6.07) is 6.18. The van der Waals surface area contributed by atoms with Gasteiger partial charge < -0.3 is 20.9 Å². The van der Waals surface area contributed by atoms with Crippen molar-refractivity contribution in [2.75, 3.05) is 32.7 Å². The van der Waals surface area contributed by atoms with Crippen molar-refractivity contribution in [3.05, 3.63) is 34.9 Å². The van der Waals surface area contributed by atoms with Crippen LogP contribution < -0.4 is 11.1 Å². The molecule has 1 fully saturated rings. The van der Waals surface area contributed by atoms with Crippen LogP contribution in [0.15, 0.2) is 24.3 Å². The van der Waals surface area contributed by atoms with Gasteiger partial charge in [-0.2, -0.15) is 0 Å². The average molecular weight is 417 g/mol. The van der Waals surface area contributed by atoms with E-state index in [1.807, 2.05) is 13.8 Å². The van der Waals surface area contributed by atoms with Crippen LogP contribution in [0.4, 0.5) is 0 Å². The molecule has 9 heteroatoms. The predicted molar refractivity (Wildman–Crippen MR) is 107 cm³/mol. The van der Waals surface area contributed by atoms with Crippen molar-refractivity contribution >= 4 is 41.7 Å². The number of nitrogens with one attached hydrogen (secondary N) is 1. The van der Waals surface area contributed by atoms with Crippen LogP contribution in [0.3, 0.4) is 0 Å². The summed E-state index contributed by atoms with van der Waals surface area (Å²) in [6.45, 7) is 5.35. The van der Waals surface area contributed by atoms with E-state index in [4.69, 9.17) is 17.3 Å². The maximum absolute atomic E-state index is 12.5. The second-order valence-corrected chi connectivity index (χ2v) is 7.11. The fourth-order valence-corrected chi connectivity index (χ4v) is 2.85. The number of halogens is 2. The van der Waals surface area contributed by atoms with E-state index in [0.717, 1.165) is 0 Å². The fraction of sp³-hybridized carbons (Fsp3) is 0.500. The molecule has 3 amide bonds. The van der Waals surface area contributed by atoms with Gasteiger partial charge in [-0.15, -0.1) is 12.4 Å². The summed E-state index contributed by atoms with van der Waals surface area (Å²) in [7, 11) is 0. The summed E-state index contributed by atoms with van der Waals surface area (Å²) >= 11 is 5.93. The number of rotatable bonds is 5. The molecule has 0 aliphatic carbocycles. The van der Waals surface area contributed by atoms with Crippen molar-refractivity contribution in [2.24, 2.45) is 11.7 Å². The van der Waals surface area contributed by atoms with Crippen molar-refractivity contribution < 1.29 is 14.4 Å². The lowest BCUT2D eigenvalue weighted by molar-refractivity contribution is -0.134. The quantitative estimate of drug-likeness (QED) is 0.751. The third-order valence-corrected chi connectivity index (χ3v) is 4.66. The Balaban J connectivity index is 0.00000364. The third-order valence-electron chi connectivity index (χ3n) is 4.43. The number of nitrogens with two attached hydrogens (primary N) is 1. The lowest BCUT2D eigenvalue weighted by Gasteiger charge is -2.35. The number of piperazine rings is 1. The summed E-state index contributed by atoms with van der Waals surface area (Å²) in [6.07, 6.45) is 0. The van der Waals surface area contributed by atoms with Crippen LogP contribution in [0.5, 0.6) is 0 Å². The molecule has 3 N–H and O–H groups in total. The van der Waals surface area contributed by atoms with Gasteiger partial charge >= 0.3 is 0 Å². The molecule has 1 saturated heterocycles. The molecule has 1 atom stereocenters. The zero-order valence-corrected chi connectivity index (χ0v) is 17.1. The highest BCUT2D eigenvalue weighted by Gasteiger charge is 2.25. The van der Waals surface area contributed by atoms with Crippen LogP contribution in [0, 0.1) is 5.92 Å². The highest BCUT2D eigenvalue weighted by Crippen LogP contribution is 2.14. The SMILES string of the molecule is CC(C)[C@H](N)C(=O)NCC(=O)N1CCN(C(=O)c2cccc(Cl)c2)CC1.Cl. The number of carbonyl (C=O) groups excluding carboxylic acids is 3. The van der Waals surface area contributed by atoms with Crippen molar-refractivity contribution in [2.45, 2.75) is 19.9 Å². The molecule has 0 spiro atoms.